The van der Waals surface area contributed by atoms with E-state index in [4.69, 9.17) is 11.6 Å². The lowest BCUT2D eigenvalue weighted by molar-refractivity contribution is -0.919. The Bertz CT molecular complexity index is 897. The van der Waals surface area contributed by atoms with Crippen molar-refractivity contribution < 1.29 is 14.1 Å². The second-order valence-corrected chi connectivity index (χ2v) is 8.39. The average molecular weight is 417 g/mol. The molecule has 6 heteroatoms. The first-order valence-electron chi connectivity index (χ1n) is 10.0. The highest BCUT2D eigenvalue weighted by Crippen LogP contribution is 2.17. The van der Waals surface area contributed by atoms with Gasteiger partial charge in [0.1, 0.15) is 12.4 Å². The van der Waals surface area contributed by atoms with Crippen LogP contribution in [0.3, 0.4) is 0 Å². The van der Waals surface area contributed by atoms with E-state index in [0.717, 1.165) is 54.7 Å². The van der Waals surface area contributed by atoms with E-state index in [1.54, 1.807) is 12.3 Å². The minimum atomic E-state index is -0.319. The summed E-state index contributed by atoms with van der Waals surface area (Å²) in [6.07, 6.45) is 3.34. The number of nitrogens with zero attached hydrogens (tertiary/aromatic N) is 1. The van der Waals surface area contributed by atoms with Crippen molar-refractivity contribution >= 4 is 23.7 Å². The van der Waals surface area contributed by atoms with E-state index in [-0.39, 0.29) is 17.6 Å². The first kappa shape index (κ1) is 21.5. The monoisotopic (exact) mass is 416 g/mol. The fourth-order valence-electron chi connectivity index (χ4n) is 4.05. The van der Waals surface area contributed by atoms with E-state index < -0.39 is 0 Å². The average Bonchev–Trinajstić information content (AvgIpc) is 2.66. The Labute approximate surface area is 176 Å². The number of benzene rings is 2. The van der Waals surface area contributed by atoms with Crippen molar-refractivity contribution in [2.75, 3.05) is 13.1 Å². The highest BCUT2D eigenvalue weighted by molar-refractivity contribution is 6.31. The Hall–Kier alpha value is -2.24. The molecule has 1 fully saturated rings. The number of hydrogen-bond donors (Lipinski definition) is 2. The molecule has 1 saturated heterocycles. The number of aryl methyl sites for hydroxylation is 3. The number of piperidine rings is 1. The Morgan fingerprint density at radius 2 is 1.86 bits per heavy atom. The van der Waals surface area contributed by atoms with Crippen LogP contribution < -0.4 is 10.3 Å². The standard InChI is InChI=1S/C23H27ClFN3O/c1-15-10-16(2)21(17(3)11-15)13-26-27-23(29)18-6-8-28(9-7-18)14-19-4-5-20(25)12-22(19)24/h4-5,10-13,18H,6-9,14H2,1-3H3,(H,27,29)/p+1. The number of nitrogens with one attached hydrogen (secondary N) is 2. The van der Waals surface area contributed by atoms with Crippen LogP contribution in [0.5, 0.6) is 0 Å². The second-order valence-electron chi connectivity index (χ2n) is 7.98. The lowest BCUT2D eigenvalue weighted by Gasteiger charge is -2.28. The van der Waals surface area contributed by atoms with Gasteiger partial charge in [0, 0.05) is 24.0 Å². The first-order chi connectivity index (χ1) is 13.8. The number of amides is 1. The lowest BCUT2D eigenvalue weighted by atomic mass is 9.96. The fraction of sp³-hybridized carbons (Fsp3) is 0.391. The summed E-state index contributed by atoms with van der Waals surface area (Å²) < 4.78 is 13.2. The zero-order valence-electron chi connectivity index (χ0n) is 17.2. The van der Waals surface area contributed by atoms with Crippen molar-refractivity contribution in [3.8, 4) is 0 Å². The molecule has 2 N–H and O–H groups in total. The van der Waals surface area contributed by atoms with Gasteiger partial charge >= 0.3 is 0 Å². The molecule has 3 rings (SSSR count). The van der Waals surface area contributed by atoms with Gasteiger partial charge in [-0.2, -0.15) is 5.10 Å². The molecule has 4 nitrogen and oxygen atoms in total. The summed E-state index contributed by atoms with van der Waals surface area (Å²) in [6, 6.07) is 8.76. The van der Waals surface area contributed by atoms with Crippen LogP contribution in [0.15, 0.2) is 35.4 Å². The van der Waals surface area contributed by atoms with Gasteiger partial charge in [0.15, 0.2) is 0 Å². The third-order valence-corrected chi connectivity index (χ3v) is 5.98. The summed E-state index contributed by atoms with van der Waals surface area (Å²) >= 11 is 6.13. The molecule has 0 saturated carbocycles. The van der Waals surface area contributed by atoms with E-state index in [1.807, 2.05) is 0 Å². The molecule has 154 valence electrons. The summed E-state index contributed by atoms with van der Waals surface area (Å²) in [5.41, 5.74) is 8.22. The summed E-state index contributed by atoms with van der Waals surface area (Å²) in [7, 11) is 0. The number of likely N-dealkylation sites (tertiary alicyclic amines) is 1. The molecule has 2 aromatic carbocycles. The quantitative estimate of drug-likeness (QED) is 0.570. The van der Waals surface area contributed by atoms with E-state index >= 15 is 0 Å². The second kappa shape index (κ2) is 9.51. The maximum Gasteiger partial charge on any atom is 0.243 e. The van der Waals surface area contributed by atoms with Gasteiger partial charge in [-0.15, -0.1) is 0 Å². The van der Waals surface area contributed by atoms with Gasteiger partial charge in [-0.25, -0.2) is 9.82 Å². The molecule has 29 heavy (non-hydrogen) atoms. The van der Waals surface area contributed by atoms with Crippen LogP contribution in [0.2, 0.25) is 5.02 Å². The highest BCUT2D eigenvalue weighted by atomic mass is 35.5. The summed E-state index contributed by atoms with van der Waals surface area (Å²) in [5, 5.41) is 4.66. The Morgan fingerprint density at radius 3 is 2.48 bits per heavy atom. The predicted octanol–water partition coefficient (Wildman–Crippen LogP) is 3.35. The Kier molecular flexibility index (Phi) is 7.04. The summed E-state index contributed by atoms with van der Waals surface area (Å²) in [4.78, 5) is 13.8. The van der Waals surface area contributed by atoms with E-state index in [2.05, 4.69) is 43.4 Å². The van der Waals surface area contributed by atoms with Crippen LogP contribution in [0.1, 0.15) is 40.7 Å². The van der Waals surface area contributed by atoms with Gasteiger partial charge in [-0.05, 0) is 50.1 Å². The SMILES string of the molecule is Cc1cc(C)c(C=NNC(=O)C2CC[NH+](Cc3ccc(F)cc3Cl)CC2)c(C)c1. The summed E-state index contributed by atoms with van der Waals surface area (Å²) in [5.74, 6) is -0.372. The molecule has 0 bridgehead atoms. The van der Waals surface area contributed by atoms with Crippen molar-refractivity contribution in [3.63, 3.8) is 0 Å². The van der Waals surface area contributed by atoms with Crippen LogP contribution in [-0.2, 0) is 11.3 Å². The number of hydrogen-bond acceptors (Lipinski definition) is 2. The molecule has 0 atom stereocenters. The minimum Gasteiger partial charge on any atom is -0.331 e. The topological polar surface area (TPSA) is 45.9 Å². The van der Waals surface area contributed by atoms with Crippen LogP contribution in [0, 0.1) is 32.5 Å². The van der Waals surface area contributed by atoms with Crippen LogP contribution >= 0.6 is 11.6 Å². The minimum absolute atomic E-state index is 0.0254. The molecule has 2 aromatic rings. The van der Waals surface area contributed by atoms with Gasteiger partial charge in [0.25, 0.3) is 0 Å². The fourth-order valence-corrected chi connectivity index (χ4v) is 4.28. The van der Waals surface area contributed by atoms with Crippen molar-refractivity contribution in [2.45, 2.75) is 40.2 Å². The van der Waals surface area contributed by atoms with Crippen molar-refractivity contribution in [1.29, 1.82) is 0 Å². The molecule has 0 spiro atoms. The normalized spacial score (nSPS) is 19.5. The number of halogens is 2. The van der Waals surface area contributed by atoms with Gasteiger partial charge in [0.05, 0.1) is 30.2 Å². The van der Waals surface area contributed by atoms with Gasteiger partial charge in [-0.1, -0.05) is 29.3 Å². The number of hydrazone groups is 1. The maximum atomic E-state index is 13.2. The first-order valence-corrected chi connectivity index (χ1v) is 10.4. The largest absolute Gasteiger partial charge is 0.331 e. The molecular formula is C23H28ClFN3O+. The van der Waals surface area contributed by atoms with E-state index in [1.165, 1.54) is 22.6 Å². The van der Waals surface area contributed by atoms with Gasteiger partial charge in [-0.3, -0.25) is 4.79 Å². The molecule has 0 aromatic heterocycles. The van der Waals surface area contributed by atoms with E-state index in [9.17, 15) is 9.18 Å². The van der Waals surface area contributed by atoms with E-state index in [0.29, 0.717) is 5.02 Å². The molecular weight excluding hydrogens is 389 g/mol. The Balaban J connectivity index is 1.50. The van der Waals surface area contributed by atoms with Gasteiger partial charge < -0.3 is 4.90 Å². The molecule has 0 radical (unpaired) electrons. The number of carbonyl (C=O) groups excluding carboxylic acids is 1. The zero-order valence-corrected chi connectivity index (χ0v) is 17.9. The molecule has 1 aliphatic heterocycles. The molecule has 0 aliphatic carbocycles. The van der Waals surface area contributed by atoms with Crippen molar-refractivity contribution in [3.05, 3.63) is 69.0 Å². The number of carbonyl (C=O) groups is 1. The third kappa shape index (κ3) is 5.64. The number of quaternary nitrogens is 1. The van der Waals surface area contributed by atoms with Crippen molar-refractivity contribution in [2.24, 2.45) is 11.0 Å². The van der Waals surface area contributed by atoms with Crippen molar-refractivity contribution in [1.82, 2.24) is 5.43 Å². The number of rotatable bonds is 5. The molecule has 0 unspecified atom stereocenters. The summed E-state index contributed by atoms with van der Waals surface area (Å²) in [6.45, 7) is 8.68. The zero-order chi connectivity index (χ0) is 21.0. The molecule has 1 aliphatic rings. The maximum absolute atomic E-state index is 13.2. The molecule has 1 amide bonds. The molecule has 1 heterocycles. The lowest BCUT2D eigenvalue weighted by Crippen LogP contribution is -3.11. The van der Waals surface area contributed by atoms with Gasteiger partial charge in [0.2, 0.25) is 5.91 Å². The smallest absolute Gasteiger partial charge is 0.243 e. The van der Waals surface area contributed by atoms with Crippen LogP contribution in [0.25, 0.3) is 0 Å². The Morgan fingerprint density at radius 1 is 1.21 bits per heavy atom. The third-order valence-electron chi connectivity index (χ3n) is 5.63. The van der Waals surface area contributed by atoms with Crippen LogP contribution in [0.4, 0.5) is 4.39 Å². The van der Waals surface area contributed by atoms with Crippen LogP contribution in [-0.4, -0.2) is 25.2 Å². The highest BCUT2D eigenvalue weighted by Gasteiger charge is 2.27. The predicted molar refractivity (Wildman–Crippen MR) is 115 cm³/mol.